The molecule has 0 unspecified atom stereocenters. The Morgan fingerprint density at radius 3 is 2.77 bits per heavy atom. The van der Waals surface area contributed by atoms with Gasteiger partial charge in [-0.2, -0.15) is 5.10 Å². The summed E-state index contributed by atoms with van der Waals surface area (Å²) in [5.74, 6) is 0.243. The van der Waals surface area contributed by atoms with E-state index in [1.165, 1.54) is 0 Å². The fraction of sp³-hybridized carbons (Fsp3) is 0. The third-order valence-corrected chi connectivity index (χ3v) is 1.74. The lowest BCUT2D eigenvalue weighted by molar-refractivity contribution is -0.114. The number of para-hydroxylation sites is 1. The second-order valence-electron chi connectivity index (χ2n) is 2.57. The van der Waals surface area contributed by atoms with Crippen molar-refractivity contribution in [3.8, 4) is 0 Å². The minimum atomic E-state index is 0. The van der Waals surface area contributed by atoms with Crippen molar-refractivity contribution in [2.75, 3.05) is 0 Å². The fourth-order valence-electron chi connectivity index (χ4n) is 1.18. The number of benzene rings is 1. The van der Waals surface area contributed by atoms with Gasteiger partial charge in [0, 0.05) is 5.39 Å². The first-order chi connectivity index (χ1) is 5.79. The SMILES string of the molecule is NC(=[NH2+])c1n[nH]c2ccccc12.[Cl-]. The molecule has 0 fully saturated rings. The van der Waals surface area contributed by atoms with Gasteiger partial charge in [0.2, 0.25) is 0 Å². The van der Waals surface area contributed by atoms with Crippen LogP contribution in [0.1, 0.15) is 5.69 Å². The van der Waals surface area contributed by atoms with Crippen LogP contribution < -0.4 is 23.5 Å². The van der Waals surface area contributed by atoms with Gasteiger partial charge in [0.25, 0.3) is 5.84 Å². The van der Waals surface area contributed by atoms with Gasteiger partial charge in [-0.15, -0.1) is 0 Å². The van der Waals surface area contributed by atoms with Crippen LogP contribution in [0, 0.1) is 0 Å². The van der Waals surface area contributed by atoms with Crippen LogP contribution in [0.15, 0.2) is 24.3 Å². The van der Waals surface area contributed by atoms with Crippen molar-refractivity contribution in [2.24, 2.45) is 5.73 Å². The highest BCUT2D eigenvalue weighted by Gasteiger charge is 2.09. The van der Waals surface area contributed by atoms with Crippen molar-refractivity contribution >= 4 is 16.7 Å². The predicted molar refractivity (Wildman–Crippen MR) is 46.3 cm³/mol. The topological polar surface area (TPSA) is 80.3 Å². The van der Waals surface area contributed by atoms with Crippen molar-refractivity contribution in [1.82, 2.24) is 10.2 Å². The second kappa shape index (κ2) is 3.45. The fourth-order valence-corrected chi connectivity index (χ4v) is 1.18. The first-order valence-corrected chi connectivity index (χ1v) is 3.60. The first-order valence-electron chi connectivity index (χ1n) is 3.60. The molecule has 1 heterocycles. The summed E-state index contributed by atoms with van der Waals surface area (Å²) < 4.78 is 0. The minimum absolute atomic E-state index is 0. The van der Waals surface area contributed by atoms with Gasteiger partial charge >= 0.3 is 0 Å². The zero-order valence-electron chi connectivity index (χ0n) is 6.79. The van der Waals surface area contributed by atoms with Crippen molar-refractivity contribution in [3.63, 3.8) is 0 Å². The summed E-state index contributed by atoms with van der Waals surface area (Å²) in [7, 11) is 0. The Morgan fingerprint density at radius 1 is 1.38 bits per heavy atom. The van der Waals surface area contributed by atoms with Gasteiger partial charge in [-0.3, -0.25) is 16.2 Å². The number of hydrogen-bond donors (Lipinski definition) is 3. The zero-order valence-corrected chi connectivity index (χ0v) is 7.55. The number of rotatable bonds is 1. The number of aromatic amines is 1. The maximum Gasteiger partial charge on any atom is 0.292 e. The summed E-state index contributed by atoms with van der Waals surface area (Å²) in [5, 5.41) is 13.2. The lowest BCUT2D eigenvalue weighted by Crippen LogP contribution is -3.00. The average Bonchev–Trinajstić information content (AvgIpc) is 2.47. The van der Waals surface area contributed by atoms with E-state index in [1.54, 1.807) is 0 Å². The highest BCUT2D eigenvalue weighted by Crippen LogP contribution is 2.13. The molecule has 5 N–H and O–H groups in total. The summed E-state index contributed by atoms with van der Waals surface area (Å²) in [4.78, 5) is 0. The third kappa shape index (κ3) is 1.48. The van der Waals surface area contributed by atoms with E-state index in [-0.39, 0.29) is 18.2 Å². The van der Waals surface area contributed by atoms with Crippen molar-refractivity contribution < 1.29 is 17.8 Å². The van der Waals surface area contributed by atoms with E-state index in [1.807, 2.05) is 24.3 Å². The van der Waals surface area contributed by atoms with Crippen LogP contribution in [-0.2, 0) is 0 Å². The molecule has 0 spiro atoms. The summed E-state index contributed by atoms with van der Waals surface area (Å²) in [6, 6.07) is 7.70. The molecule has 2 aromatic rings. The number of nitrogens with two attached hydrogens (primary N) is 2. The molecule has 0 bridgehead atoms. The number of amidine groups is 1. The molecule has 1 aromatic carbocycles. The number of hydrogen-bond acceptors (Lipinski definition) is 1. The van der Waals surface area contributed by atoms with E-state index in [4.69, 9.17) is 11.1 Å². The van der Waals surface area contributed by atoms with Gasteiger partial charge in [-0.25, -0.2) is 0 Å². The largest absolute Gasteiger partial charge is 1.00 e. The van der Waals surface area contributed by atoms with E-state index in [2.05, 4.69) is 10.2 Å². The molecule has 2 rings (SSSR count). The molecule has 0 amide bonds. The monoisotopic (exact) mass is 196 g/mol. The Bertz CT molecular complexity index is 434. The molecule has 0 atom stereocenters. The average molecular weight is 197 g/mol. The number of halogens is 1. The second-order valence-corrected chi connectivity index (χ2v) is 2.57. The molecular weight excluding hydrogens is 188 g/mol. The molecule has 0 aliphatic rings. The molecule has 4 nitrogen and oxygen atoms in total. The lowest BCUT2D eigenvalue weighted by Gasteiger charge is -1.86. The molecule has 5 heteroatoms. The van der Waals surface area contributed by atoms with E-state index < -0.39 is 0 Å². The molecule has 68 valence electrons. The predicted octanol–water partition coefficient (Wildman–Crippen LogP) is -3.97. The normalized spacial score (nSPS) is 9.54. The summed E-state index contributed by atoms with van der Waals surface area (Å²) in [6.07, 6.45) is 0. The molecule has 13 heavy (non-hydrogen) atoms. The molecule has 0 radical (unpaired) electrons. The smallest absolute Gasteiger partial charge is 0.292 e. The number of aromatic nitrogens is 2. The van der Waals surface area contributed by atoms with Gasteiger partial charge in [0.15, 0.2) is 5.69 Å². The first kappa shape index (κ1) is 9.54. The van der Waals surface area contributed by atoms with Crippen LogP contribution in [0.3, 0.4) is 0 Å². The summed E-state index contributed by atoms with van der Waals surface area (Å²) in [6.45, 7) is 0. The van der Waals surface area contributed by atoms with Gasteiger partial charge in [-0.05, 0) is 6.07 Å². The Balaban J connectivity index is 0.000000845. The Kier molecular flexibility index (Phi) is 2.53. The van der Waals surface area contributed by atoms with Crippen LogP contribution in [0.2, 0.25) is 0 Å². The Morgan fingerprint density at radius 2 is 2.08 bits per heavy atom. The lowest BCUT2D eigenvalue weighted by atomic mass is 10.2. The number of nitrogens with zero attached hydrogens (tertiary/aromatic N) is 1. The highest BCUT2D eigenvalue weighted by atomic mass is 35.5. The van der Waals surface area contributed by atoms with Crippen LogP contribution in [-0.4, -0.2) is 16.0 Å². The Hall–Kier alpha value is -1.55. The molecule has 0 saturated heterocycles. The Labute approximate surface area is 81.1 Å². The van der Waals surface area contributed by atoms with Gasteiger partial charge in [-0.1, -0.05) is 18.2 Å². The highest BCUT2D eigenvalue weighted by molar-refractivity contribution is 6.03. The van der Waals surface area contributed by atoms with Crippen LogP contribution in [0.25, 0.3) is 10.9 Å². The van der Waals surface area contributed by atoms with Crippen molar-refractivity contribution in [2.45, 2.75) is 0 Å². The van der Waals surface area contributed by atoms with Gasteiger partial charge < -0.3 is 12.4 Å². The maximum absolute atomic E-state index is 5.44. The molecule has 0 aliphatic carbocycles. The van der Waals surface area contributed by atoms with E-state index in [9.17, 15) is 0 Å². The molecule has 0 saturated carbocycles. The standard InChI is InChI=1S/C8H8N4.ClH/c9-8(10)7-5-3-1-2-4-6(5)11-12-7;/h1-4H,(H3,9,10)(H,11,12);1H. The summed E-state index contributed by atoms with van der Waals surface area (Å²) >= 11 is 0. The van der Waals surface area contributed by atoms with Crippen LogP contribution >= 0.6 is 0 Å². The van der Waals surface area contributed by atoms with E-state index >= 15 is 0 Å². The quantitative estimate of drug-likeness (QED) is 0.321. The van der Waals surface area contributed by atoms with E-state index in [0.29, 0.717) is 5.69 Å². The number of nitrogens with one attached hydrogen (secondary N) is 1. The number of fused-ring (bicyclic) bond motifs is 1. The maximum atomic E-state index is 5.44. The van der Waals surface area contributed by atoms with Gasteiger partial charge in [0.05, 0.1) is 5.52 Å². The van der Waals surface area contributed by atoms with Crippen LogP contribution in [0.5, 0.6) is 0 Å². The third-order valence-electron chi connectivity index (χ3n) is 1.74. The molecule has 0 aliphatic heterocycles. The zero-order chi connectivity index (χ0) is 8.55. The minimum Gasteiger partial charge on any atom is -1.00 e. The number of H-pyrrole nitrogens is 1. The summed E-state index contributed by atoms with van der Waals surface area (Å²) in [5.41, 5.74) is 7.01. The van der Waals surface area contributed by atoms with E-state index in [0.717, 1.165) is 10.9 Å². The van der Waals surface area contributed by atoms with Crippen molar-refractivity contribution in [3.05, 3.63) is 30.0 Å². The molecular formula is C8H9ClN4. The van der Waals surface area contributed by atoms with Crippen molar-refractivity contribution in [1.29, 1.82) is 0 Å². The molecule has 1 aromatic heterocycles. The van der Waals surface area contributed by atoms with Gasteiger partial charge in [0.1, 0.15) is 0 Å². The van der Waals surface area contributed by atoms with Crippen LogP contribution in [0.4, 0.5) is 0 Å².